The lowest BCUT2D eigenvalue weighted by Gasteiger charge is -2.06. The van der Waals surface area contributed by atoms with Crippen molar-refractivity contribution >= 4 is 11.6 Å². The van der Waals surface area contributed by atoms with Gasteiger partial charge in [0, 0.05) is 12.3 Å². The Morgan fingerprint density at radius 3 is 2.94 bits per heavy atom. The van der Waals surface area contributed by atoms with Crippen LogP contribution in [-0.4, -0.2) is 20.0 Å². The zero-order chi connectivity index (χ0) is 11.8. The largest absolute Gasteiger partial charge is 0.286 e. The van der Waals surface area contributed by atoms with E-state index in [9.17, 15) is 4.79 Å². The van der Waals surface area contributed by atoms with Gasteiger partial charge in [-0.25, -0.2) is 4.68 Å². The lowest BCUT2D eigenvalue weighted by Crippen LogP contribution is -2.14. The third-order valence-electron chi connectivity index (χ3n) is 2.95. The van der Waals surface area contributed by atoms with E-state index in [1.54, 1.807) is 4.68 Å². The van der Waals surface area contributed by atoms with Crippen molar-refractivity contribution in [2.45, 2.75) is 25.7 Å². The van der Waals surface area contributed by atoms with Crippen molar-refractivity contribution < 1.29 is 0 Å². The van der Waals surface area contributed by atoms with Gasteiger partial charge in [-0.15, -0.1) is 0 Å². The summed E-state index contributed by atoms with van der Waals surface area (Å²) in [6, 6.07) is 1.31. The number of hydrogen-bond acceptors (Lipinski definition) is 3. The molecule has 0 spiro atoms. The molecule has 2 aromatic heterocycles. The molecule has 17 heavy (non-hydrogen) atoms. The number of rotatable bonds is 1. The Kier molecular flexibility index (Phi) is 2.48. The first-order chi connectivity index (χ1) is 8.24. The first-order valence-corrected chi connectivity index (χ1v) is 5.95. The lowest BCUT2D eigenvalue weighted by molar-refractivity contribution is 0.669. The maximum absolute atomic E-state index is 11.7. The SMILES string of the molecule is O=c1cc(Cl)[nH]nc1-n1cc2c(n1)CCCC2. The molecule has 0 bridgehead atoms. The van der Waals surface area contributed by atoms with Crippen LogP contribution < -0.4 is 5.43 Å². The second-order valence-corrected chi connectivity index (χ2v) is 4.56. The Morgan fingerprint density at radius 1 is 1.35 bits per heavy atom. The molecule has 5 nitrogen and oxygen atoms in total. The van der Waals surface area contributed by atoms with Crippen LogP contribution in [0.2, 0.25) is 5.15 Å². The number of halogens is 1. The quantitative estimate of drug-likeness (QED) is 0.834. The fraction of sp³-hybridized carbons (Fsp3) is 0.364. The highest BCUT2D eigenvalue weighted by Crippen LogP contribution is 2.20. The topological polar surface area (TPSA) is 63.6 Å². The van der Waals surface area contributed by atoms with E-state index >= 15 is 0 Å². The lowest BCUT2D eigenvalue weighted by atomic mass is 9.99. The molecule has 1 aliphatic carbocycles. The standard InChI is InChI=1S/C11H11ClN4O/c12-10-5-9(17)11(14-13-10)16-6-7-3-1-2-4-8(7)15-16/h5-6H,1-4H2,(H,13,17). The van der Waals surface area contributed by atoms with Crippen LogP contribution in [0, 0.1) is 0 Å². The third-order valence-corrected chi connectivity index (χ3v) is 3.14. The van der Waals surface area contributed by atoms with Gasteiger partial charge in [0.15, 0.2) is 0 Å². The average molecular weight is 251 g/mol. The Labute approximate surface area is 102 Å². The molecule has 3 rings (SSSR count). The van der Waals surface area contributed by atoms with Gasteiger partial charge in [0.25, 0.3) is 0 Å². The van der Waals surface area contributed by atoms with Crippen molar-refractivity contribution in [3.8, 4) is 5.82 Å². The highest BCUT2D eigenvalue weighted by atomic mass is 35.5. The van der Waals surface area contributed by atoms with E-state index in [4.69, 9.17) is 11.6 Å². The van der Waals surface area contributed by atoms with Gasteiger partial charge in [0.2, 0.25) is 11.2 Å². The third kappa shape index (κ3) is 1.86. The van der Waals surface area contributed by atoms with Crippen LogP contribution in [0.4, 0.5) is 0 Å². The number of aromatic nitrogens is 4. The summed E-state index contributed by atoms with van der Waals surface area (Å²) >= 11 is 5.66. The Hall–Kier alpha value is -1.62. The monoisotopic (exact) mass is 250 g/mol. The Morgan fingerprint density at radius 2 is 2.18 bits per heavy atom. The summed E-state index contributed by atoms with van der Waals surface area (Å²) in [5.41, 5.74) is 2.06. The minimum atomic E-state index is -0.228. The van der Waals surface area contributed by atoms with Gasteiger partial charge in [0.1, 0.15) is 5.15 Å². The molecule has 0 radical (unpaired) electrons. The van der Waals surface area contributed by atoms with Crippen LogP contribution in [-0.2, 0) is 12.8 Å². The Balaban J connectivity index is 2.09. The molecule has 0 aromatic carbocycles. The molecule has 0 fully saturated rings. The molecule has 2 heterocycles. The van der Waals surface area contributed by atoms with Crippen LogP contribution in [0.15, 0.2) is 17.1 Å². The zero-order valence-corrected chi connectivity index (χ0v) is 9.87. The molecule has 88 valence electrons. The van der Waals surface area contributed by atoms with E-state index in [1.807, 2.05) is 6.20 Å². The van der Waals surface area contributed by atoms with Crippen LogP contribution in [0.1, 0.15) is 24.1 Å². The summed E-state index contributed by atoms with van der Waals surface area (Å²) in [6.45, 7) is 0. The fourth-order valence-electron chi connectivity index (χ4n) is 2.12. The van der Waals surface area contributed by atoms with Gasteiger partial charge in [-0.2, -0.15) is 10.2 Å². The molecule has 0 atom stereocenters. The predicted molar refractivity (Wildman–Crippen MR) is 63.6 cm³/mol. The average Bonchev–Trinajstić information content (AvgIpc) is 2.72. The summed E-state index contributed by atoms with van der Waals surface area (Å²) in [7, 11) is 0. The number of H-pyrrole nitrogens is 1. The summed E-state index contributed by atoms with van der Waals surface area (Å²) in [6.07, 6.45) is 6.24. The zero-order valence-electron chi connectivity index (χ0n) is 9.11. The van der Waals surface area contributed by atoms with E-state index in [0.29, 0.717) is 0 Å². The Bertz CT molecular complexity index is 593. The molecule has 0 aliphatic heterocycles. The van der Waals surface area contributed by atoms with Crippen LogP contribution in [0.5, 0.6) is 0 Å². The van der Waals surface area contributed by atoms with Crippen LogP contribution in [0.25, 0.3) is 5.82 Å². The summed E-state index contributed by atoms with van der Waals surface area (Å²) in [4.78, 5) is 11.7. The first kappa shape index (κ1) is 10.5. The minimum Gasteiger partial charge on any atom is -0.286 e. The van der Waals surface area contributed by atoms with E-state index in [1.165, 1.54) is 18.1 Å². The van der Waals surface area contributed by atoms with Gasteiger partial charge in [0.05, 0.1) is 5.69 Å². The van der Waals surface area contributed by atoms with E-state index in [0.717, 1.165) is 25.0 Å². The number of nitrogens with zero attached hydrogens (tertiary/aromatic N) is 3. The predicted octanol–water partition coefficient (Wildman–Crippen LogP) is 1.49. The van der Waals surface area contributed by atoms with Crippen molar-refractivity contribution in [1.29, 1.82) is 0 Å². The highest BCUT2D eigenvalue weighted by Gasteiger charge is 2.15. The van der Waals surface area contributed by atoms with Crippen molar-refractivity contribution in [1.82, 2.24) is 20.0 Å². The number of hydrogen-bond donors (Lipinski definition) is 1. The summed E-state index contributed by atoms with van der Waals surface area (Å²) in [5.74, 6) is 0.267. The summed E-state index contributed by atoms with van der Waals surface area (Å²) in [5, 5.41) is 11.1. The van der Waals surface area contributed by atoms with E-state index in [2.05, 4.69) is 15.3 Å². The molecule has 0 saturated heterocycles. The van der Waals surface area contributed by atoms with Gasteiger partial charge >= 0.3 is 0 Å². The number of aromatic amines is 1. The molecule has 0 amide bonds. The number of nitrogens with one attached hydrogen (secondary N) is 1. The van der Waals surface area contributed by atoms with Crippen LogP contribution in [0.3, 0.4) is 0 Å². The van der Waals surface area contributed by atoms with Crippen LogP contribution >= 0.6 is 11.6 Å². The van der Waals surface area contributed by atoms with Gasteiger partial charge in [-0.05, 0) is 31.2 Å². The van der Waals surface area contributed by atoms with Gasteiger partial charge < -0.3 is 0 Å². The van der Waals surface area contributed by atoms with Gasteiger partial charge in [-0.3, -0.25) is 9.89 Å². The molecular formula is C11H11ClN4O. The fourth-order valence-corrected chi connectivity index (χ4v) is 2.26. The molecule has 1 aliphatic rings. The van der Waals surface area contributed by atoms with Crippen molar-refractivity contribution in [3.63, 3.8) is 0 Å². The summed E-state index contributed by atoms with van der Waals surface area (Å²) < 4.78 is 1.55. The molecule has 0 unspecified atom stereocenters. The molecule has 0 saturated carbocycles. The number of aryl methyl sites for hydroxylation is 2. The smallest absolute Gasteiger partial charge is 0.227 e. The second-order valence-electron chi connectivity index (χ2n) is 4.16. The molecule has 1 N–H and O–H groups in total. The normalized spacial score (nSPS) is 14.6. The first-order valence-electron chi connectivity index (χ1n) is 5.57. The highest BCUT2D eigenvalue weighted by molar-refractivity contribution is 6.29. The maximum atomic E-state index is 11.7. The van der Waals surface area contributed by atoms with E-state index < -0.39 is 0 Å². The van der Waals surface area contributed by atoms with E-state index in [-0.39, 0.29) is 16.4 Å². The van der Waals surface area contributed by atoms with Crippen molar-refractivity contribution in [2.75, 3.05) is 0 Å². The molecular weight excluding hydrogens is 240 g/mol. The van der Waals surface area contributed by atoms with Gasteiger partial charge in [-0.1, -0.05) is 11.6 Å². The molecule has 2 aromatic rings. The van der Waals surface area contributed by atoms with Crippen molar-refractivity contribution in [3.05, 3.63) is 38.9 Å². The maximum Gasteiger partial charge on any atom is 0.227 e. The number of fused-ring (bicyclic) bond motifs is 1. The molecule has 6 heteroatoms. The van der Waals surface area contributed by atoms with Crippen molar-refractivity contribution in [2.24, 2.45) is 0 Å². The minimum absolute atomic E-state index is 0.228. The second kappa shape index (κ2) is 4.00.